The van der Waals surface area contributed by atoms with Crippen molar-refractivity contribution < 1.29 is 14.6 Å². The summed E-state index contributed by atoms with van der Waals surface area (Å²) in [6, 6.07) is 0.0422. The Balaban J connectivity index is 3.07. The minimum absolute atomic E-state index is 0.0389. The van der Waals surface area contributed by atoms with E-state index in [0.717, 1.165) is 6.42 Å². The standard InChI is InChI=1S/C10H17N3O3/c1-4-7(6-16-3)13-8(5-2)9(10(14)15)11-12-13/h7H,4-6H2,1-3H3,(H,14,15). The van der Waals surface area contributed by atoms with E-state index in [-0.39, 0.29) is 11.7 Å². The summed E-state index contributed by atoms with van der Waals surface area (Å²) in [6.45, 7) is 4.40. The Bertz CT molecular complexity index is 362. The van der Waals surface area contributed by atoms with Gasteiger partial charge in [0.1, 0.15) is 0 Å². The maximum absolute atomic E-state index is 10.9. The number of carboxylic acid groups (broad SMARTS) is 1. The number of hydrogen-bond acceptors (Lipinski definition) is 4. The fourth-order valence-electron chi connectivity index (χ4n) is 1.66. The van der Waals surface area contributed by atoms with Crippen molar-refractivity contribution in [1.29, 1.82) is 0 Å². The van der Waals surface area contributed by atoms with Crippen LogP contribution in [0.4, 0.5) is 0 Å². The highest BCUT2D eigenvalue weighted by atomic mass is 16.5. The lowest BCUT2D eigenvalue weighted by Crippen LogP contribution is -2.18. The van der Waals surface area contributed by atoms with Crippen molar-refractivity contribution in [3.8, 4) is 0 Å². The van der Waals surface area contributed by atoms with Crippen LogP contribution in [-0.2, 0) is 11.2 Å². The van der Waals surface area contributed by atoms with Gasteiger partial charge in [0.2, 0.25) is 0 Å². The van der Waals surface area contributed by atoms with Crippen LogP contribution in [0.3, 0.4) is 0 Å². The van der Waals surface area contributed by atoms with E-state index in [1.165, 1.54) is 0 Å². The highest BCUT2D eigenvalue weighted by molar-refractivity contribution is 5.86. The predicted octanol–water partition coefficient (Wildman–Crippen LogP) is 1.14. The predicted molar refractivity (Wildman–Crippen MR) is 57.6 cm³/mol. The third-order valence-electron chi connectivity index (χ3n) is 2.50. The first-order chi connectivity index (χ1) is 7.65. The van der Waals surface area contributed by atoms with Gasteiger partial charge >= 0.3 is 5.97 Å². The maximum atomic E-state index is 10.9. The van der Waals surface area contributed by atoms with Gasteiger partial charge < -0.3 is 9.84 Å². The van der Waals surface area contributed by atoms with E-state index >= 15 is 0 Å². The summed E-state index contributed by atoms with van der Waals surface area (Å²) in [5.74, 6) is -1.03. The average molecular weight is 227 g/mol. The number of aromatic nitrogens is 3. The number of aromatic carboxylic acids is 1. The Labute approximate surface area is 94.2 Å². The molecule has 1 atom stereocenters. The zero-order valence-electron chi connectivity index (χ0n) is 9.80. The van der Waals surface area contributed by atoms with Gasteiger partial charge in [0, 0.05) is 7.11 Å². The Kier molecular flexibility index (Phi) is 4.42. The molecule has 1 heterocycles. The largest absolute Gasteiger partial charge is 0.476 e. The zero-order valence-corrected chi connectivity index (χ0v) is 9.80. The van der Waals surface area contributed by atoms with Crippen LogP contribution >= 0.6 is 0 Å². The van der Waals surface area contributed by atoms with Gasteiger partial charge in [-0.1, -0.05) is 19.1 Å². The molecule has 0 fully saturated rings. The molecular formula is C10H17N3O3. The maximum Gasteiger partial charge on any atom is 0.358 e. The molecule has 1 unspecified atom stereocenters. The lowest BCUT2D eigenvalue weighted by atomic mass is 10.2. The molecule has 0 aliphatic carbocycles. The second-order valence-electron chi connectivity index (χ2n) is 3.51. The molecule has 1 aromatic heterocycles. The second kappa shape index (κ2) is 5.60. The van der Waals surface area contributed by atoms with E-state index in [4.69, 9.17) is 9.84 Å². The van der Waals surface area contributed by atoms with E-state index < -0.39 is 5.97 Å². The van der Waals surface area contributed by atoms with E-state index in [1.54, 1.807) is 11.8 Å². The number of methoxy groups -OCH3 is 1. The molecule has 1 aromatic rings. The quantitative estimate of drug-likeness (QED) is 0.788. The van der Waals surface area contributed by atoms with E-state index in [1.807, 2.05) is 13.8 Å². The van der Waals surface area contributed by atoms with Gasteiger partial charge in [-0.3, -0.25) is 0 Å². The average Bonchev–Trinajstić information content (AvgIpc) is 2.69. The molecule has 0 saturated heterocycles. The minimum Gasteiger partial charge on any atom is -0.476 e. The lowest BCUT2D eigenvalue weighted by molar-refractivity contribution is 0.0689. The van der Waals surface area contributed by atoms with Gasteiger partial charge in [0.05, 0.1) is 18.3 Å². The SMILES string of the molecule is CCc1c(C(=O)O)nnn1C(CC)COC. The molecule has 0 amide bonds. The minimum atomic E-state index is -1.03. The Hall–Kier alpha value is -1.43. The Morgan fingerprint density at radius 3 is 2.69 bits per heavy atom. The molecule has 0 aliphatic rings. The van der Waals surface area contributed by atoms with Crippen LogP contribution in [-0.4, -0.2) is 39.8 Å². The molecule has 6 heteroatoms. The Morgan fingerprint density at radius 2 is 2.25 bits per heavy atom. The van der Waals surface area contributed by atoms with Crippen LogP contribution in [0.5, 0.6) is 0 Å². The van der Waals surface area contributed by atoms with Crippen molar-refractivity contribution in [2.45, 2.75) is 32.7 Å². The normalized spacial score (nSPS) is 12.7. The van der Waals surface area contributed by atoms with Crippen molar-refractivity contribution in [3.63, 3.8) is 0 Å². The molecule has 90 valence electrons. The summed E-state index contributed by atoms with van der Waals surface area (Å²) in [5, 5.41) is 16.5. The van der Waals surface area contributed by atoms with Crippen LogP contribution in [0.25, 0.3) is 0 Å². The molecule has 0 aliphatic heterocycles. The fourth-order valence-corrected chi connectivity index (χ4v) is 1.66. The number of rotatable bonds is 6. The van der Waals surface area contributed by atoms with Gasteiger partial charge in [-0.05, 0) is 12.8 Å². The first-order valence-electron chi connectivity index (χ1n) is 5.31. The van der Waals surface area contributed by atoms with Gasteiger partial charge in [0.25, 0.3) is 0 Å². The van der Waals surface area contributed by atoms with Gasteiger partial charge in [-0.25, -0.2) is 9.48 Å². The van der Waals surface area contributed by atoms with Crippen LogP contribution in [0.2, 0.25) is 0 Å². The van der Waals surface area contributed by atoms with Crippen molar-refractivity contribution in [2.24, 2.45) is 0 Å². The molecule has 0 saturated carbocycles. The highest BCUT2D eigenvalue weighted by Crippen LogP contribution is 2.16. The van der Waals surface area contributed by atoms with Gasteiger partial charge in [0.15, 0.2) is 5.69 Å². The molecule has 16 heavy (non-hydrogen) atoms. The van der Waals surface area contributed by atoms with Crippen molar-refractivity contribution in [3.05, 3.63) is 11.4 Å². The smallest absolute Gasteiger partial charge is 0.358 e. The van der Waals surface area contributed by atoms with Crippen LogP contribution < -0.4 is 0 Å². The van der Waals surface area contributed by atoms with Crippen LogP contribution in [0.15, 0.2) is 0 Å². The van der Waals surface area contributed by atoms with Crippen molar-refractivity contribution >= 4 is 5.97 Å². The molecule has 0 spiro atoms. The van der Waals surface area contributed by atoms with E-state index in [0.29, 0.717) is 18.7 Å². The Morgan fingerprint density at radius 1 is 1.56 bits per heavy atom. The van der Waals surface area contributed by atoms with Gasteiger partial charge in [-0.2, -0.15) is 0 Å². The molecule has 1 rings (SSSR count). The molecular weight excluding hydrogens is 210 g/mol. The number of carboxylic acids is 1. The zero-order chi connectivity index (χ0) is 12.1. The summed E-state index contributed by atoms with van der Waals surface area (Å²) in [4.78, 5) is 10.9. The topological polar surface area (TPSA) is 77.2 Å². The first kappa shape index (κ1) is 12.6. The second-order valence-corrected chi connectivity index (χ2v) is 3.51. The number of carbonyl (C=O) groups is 1. The first-order valence-corrected chi connectivity index (χ1v) is 5.31. The van der Waals surface area contributed by atoms with Gasteiger partial charge in [-0.15, -0.1) is 5.10 Å². The fraction of sp³-hybridized carbons (Fsp3) is 0.700. The number of hydrogen-bond donors (Lipinski definition) is 1. The third kappa shape index (κ3) is 2.38. The third-order valence-corrected chi connectivity index (χ3v) is 2.50. The summed E-state index contributed by atoms with van der Waals surface area (Å²) >= 11 is 0. The summed E-state index contributed by atoms with van der Waals surface area (Å²) in [7, 11) is 1.61. The number of ether oxygens (including phenoxy) is 1. The van der Waals surface area contributed by atoms with E-state index in [9.17, 15) is 4.79 Å². The monoisotopic (exact) mass is 227 g/mol. The molecule has 0 radical (unpaired) electrons. The van der Waals surface area contributed by atoms with Crippen LogP contribution in [0.1, 0.15) is 42.5 Å². The van der Waals surface area contributed by atoms with Crippen molar-refractivity contribution in [1.82, 2.24) is 15.0 Å². The summed E-state index contributed by atoms with van der Waals surface area (Å²) < 4.78 is 6.74. The molecule has 0 aromatic carbocycles. The molecule has 1 N–H and O–H groups in total. The van der Waals surface area contributed by atoms with Crippen LogP contribution in [0, 0.1) is 0 Å². The molecule has 6 nitrogen and oxygen atoms in total. The number of nitrogens with zero attached hydrogens (tertiary/aromatic N) is 3. The van der Waals surface area contributed by atoms with Crippen molar-refractivity contribution in [2.75, 3.05) is 13.7 Å². The lowest BCUT2D eigenvalue weighted by Gasteiger charge is -2.16. The van der Waals surface area contributed by atoms with E-state index in [2.05, 4.69) is 10.3 Å². The molecule has 0 bridgehead atoms. The highest BCUT2D eigenvalue weighted by Gasteiger charge is 2.21. The summed E-state index contributed by atoms with van der Waals surface area (Å²) in [5.41, 5.74) is 0.688. The summed E-state index contributed by atoms with van der Waals surface area (Å²) in [6.07, 6.45) is 1.41.